The minimum absolute atomic E-state index is 0.246. The highest BCUT2D eigenvalue weighted by Crippen LogP contribution is 2.31. The van der Waals surface area contributed by atoms with Crippen LogP contribution in [0, 0.1) is 0 Å². The molecule has 1 aromatic rings. The second-order valence-corrected chi connectivity index (χ2v) is 4.97. The van der Waals surface area contributed by atoms with Gasteiger partial charge < -0.3 is 11.1 Å². The van der Waals surface area contributed by atoms with E-state index in [0.29, 0.717) is 19.0 Å². The summed E-state index contributed by atoms with van der Waals surface area (Å²) < 4.78 is 0. The average molecular weight is 236 g/mol. The van der Waals surface area contributed by atoms with Gasteiger partial charge in [0.15, 0.2) is 0 Å². The quantitative estimate of drug-likeness (QED) is 0.831. The van der Waals surface area contributed by atoms with E-state index in [2.05, 4.69) is 29.6 Å². The van der Waals surface area contributed by atoms with Gasteiger partial charge in [0.25, 0.3) is 0 Å². The molecular weight excluding hydrogens is 220 g/mol. The summed E-state index contributed by atoms with van der Waals surface area (Å²) in [6.45, 7) is 0.662. The predicted molar refractivity (Wildman–Crippen MR) is 67.2 cm³/mol. The predicted octanol–water partition coefficient (Wildman–Crippen LogP) is 1.44. The first-order valence-corrected chi connectivity index (χ1v) is 6.60. The SMILES string of the molecule is NC(=O)CCNC1CSCc2ccccc21. The van der Waals surface area contributed by atoms with Crippen LogP contribution in [0.3, 0.4) is 0 Å². The first-order valence-electron chi connectivity index (χ1n) is 5.44. The Bertz CT molecular complexity index is 381. The van der Waals surface area contributed by atoms with Gasteiger partial charge in [-0.05, 0) is 11.1 Å². The number of nitrogens with two attached hydrogens (primary N) is 1. The van der Waals surface area contributed by atoms with Crippen LogP contribution in [0.15, 0.2) is 24.3 Å². The molecule has 4 heteroatoms. The fourth-order valence-electron chi connectivity index (χ4n) is 1.92. The molecule has 1 unspecified atom stereocenters. The van der Waals surface area contributed by atoms with Gasteiger partial charge in [-0.3, -0.25) is 4.79 Å². The summed E-state index contributed by atoms with van der Waals surface area (Å²) in [6.07, 6.45) is 0.406. The summed E-state index contributed by atoms with van der Waals surface area (Å²) in [5.74, 6) is 1.91. The van der Waals surface area contributed by atoms with E-state index in [9.17, 15) is 4.79 Å². The molecule has 3 N–H and O–H groups in total. The van der Waals surface area contributed by atoms with Crippen LogP contribution in [0.25, 0.3) is 0 Å². The topological polar surface area (TPSA) is 55.1 Å². The molecule has 1 heterocycles. The molecule has 0 saturated carbocycles. The van der Waals surface area contributed by atoms with E-state index in [1.807, 2.05) is 11.8 Å². The number of carbonyl (C=O) groups excluding carboxylic acids is 1. The number of thioether (sulfide) groups is 1. The Morgan fingerprint density at radius 2 is 2.31 bits per heavy atom. The zero-order valence-corrected chi connectivity index (χ0v) is 9.93. The molecule has 86 valence electrons. The number of amides is 1. The van der Waals surface area contributed by atoms with Crippen molar-refractivity contribution < 1.29 is 4.79 Å². The van der Waals surface area contributed by atoms with E-state index in [0.717, 1.165) is 11.5 Å². The van der Waals surface area contributed by atoms with Gasteiger partial charge in [0.05, 0.1) is 0 Å². The molecule has 1 aromatic carbocycles. The van der Waals surface area contributed by atoms with Crippen molar-refractivity contribution in [1.29, 1.82) is 0 Å². The van der Waals surface area contributed by atoms with Gasteiger partial charge >= 0.3 is 0 Å². The highest BCUT2D eigenvalue weighted by Gasteiger charge is 2.19. The molecule has 0 aromatic heterocycles. The first-order chi connectivity index (χ1) is 7.77. The van der Waals surface area contributed by atoms with E-state index < -0.39 is 0 Å². The summed E-state index contributed by atoms with van der Waals surface area (Å²) in [6, 6.07) is 8.83. The molecule has 3 nitrogen and oxygen atoms in total. The zero-order valence-electron chi connectivity index (χ0n) is 9.11. The second-order valence-electron chi connectivity index (χ2n) is 3.94. The molecule has 1 amide bonds. The van der Waals surface area contributed by atoms with Crippen molar-refractivity contribution in [3.63, 3.8) is 0 Å². The summed E-state index contributed by atoms with van der Waals surface area (Å²) in [7, 11) is 0. The minimum Gasteiger partial charge on any atom is -0.370 e. The Labute approximate surface area is 99.8 Å². The maximum Gasteiger partial charge on any atom is 0.218 e. The van der Waals surface area contributed by atoms with Crippen molar-refractivity contribution in [2.24, 2.45) is 5.73 Å². The normalized spacial score (nSPS) is 19.1. The maximum atomic E-state index is 10.7. The van der Waals surface area contributed by atoms with Crippen LogP contribution in [0.4, 0.5) is 0 Å². The third kappa shape index (κ3) is 2.77. The highest BCUT2D eigenvalue weighted by atomic mass is 32.2. The standard InChI is InChI=1S/C12H16N2OS/c13-12(15)5-6-14-11-8-16-7-9-3-1-2-4-10(9)11/h1-4,11,14H,5-8H2,(H2,13,15). The molecule has 1 aliphatic heterocycles. The van der Waals surface area contributed by atoms with Gasteiger partial charge in [-0.25, -0.2) is 0 Å². The van der Waals surface area contributed by atoms with Crippen molar-refractivity contribution in [3.05, 3.63) is 35.4 Å². The number of primary amides is 1. The summed E-state index contributed by atoms with van der Waals surface area (Å²) in [5.41, 5.74) is 7.88. The summed E-state index contributed by atoms with van der Waals surface area (Å²) in [4.78, 5) is 10.7. The van der Waals surface area contributed by atoms with Gasteiger partial charge in [0.2, 0.25) is 5.91 Å². The number of hydrogen-bond acceptors (Lipinski definition) is 3. The second kappa shape index (κ2) is 5.37. The molecule has 16 heavy (non-hydrogen) atoms. The zero-order chi connectivity index (χ0) is 11.4. The third-order valence-corrected chi connectivity index (χ3v) is 3.82. The van der Waals surface area contributed by atoms with Crippen LogP contribution in [0.2, 0.25) is 0 Å². The third-order valence-electron chi connectivity index (χ3n) is 2.73. The molecule has 1 aliphatic rings. The highest BCUT2D eigenvalue weighted by molar-refractivity contribution is 7.98. The molecule has 0 saturated heterocycles. The van der Waals surface area contributed by atoms with E-state index in [-0.39, 0.29) is 5.91 Å². The summed E-state index contributed by atoms with van der Waals surface area (Å²) >= 11 is 1.93. The van der Waals surface area contributed by atoms with E-state index in [1.54, 1.807) is 0 Å². The van der Waals surface area contributed by atoms with Crippen LogP contribution in [-0.2, 0) is 10.5 Å². The van der Waals surface area contributed by atoms with Crippen molar-refractivity contribution >= 4 is 17.7 Å². The average Bonchev–Trinajstić information content (AvgIpc) is 2.29. The fourth-order valence-corrected chi connectivity index (χ4v) is 3.05. The number of fused-ring (bicyclic) bond motifs is 1. The van der Waals surface area contributed by atoms with Gasteiger partial charge in [0.1, 0.15) is 0 Å². The number of hydrogen-bond donors (Lipinski definition) is 2. The van der Waals surface area contributed by atoms with Crippen molar-refractivity contribution in [1.82, 2.24) is 5.32 Å². The van der Waals surface area contributed by atoms with E-state index in [1.165, 1.54) is 11.1 Å². The van der Waals surface area contributed by atoms with Crippen LogP contribution < -0.4 is 11.1 Å². The Hall–Kier alpha value is -1.00. The Kier molecular flexibility index (Phi) is 3.85. The molecule has 2 rings (SSSR count). The largest absolute Gasteiger partial charge is 0.370 e. The molecule has 1 atom stereocenters. The lowest BCUT2D eigenvalue weighted by molar-refractivity contribution is -0.117. The van der Waals surface area contributed by atoms with Crippen molar-refractivity contribution in [2.75, 3.05) is 12.3 Å². The molecule has 0 aliphatic carbocycles. The molecule has 0 bridgehead atoms. The minimum atomic E-state index is -0.246. The molecule has 0 radical (unpaired) electrons. The number of nitrogens with one attached hydrogen (secondary N) is 1. The van der Waals surface area contributed by atoms with Crippen LogP contribution >= 0.6 is 11.8 Å². The lowest BCUT2D eigenvalue weighted by atomic mass is 10.0. The molecule has 0 fully saturated rings. The Morgan fingerprint density at radius 3 is 3.12 bits per heavy atom. The lowest BCUT2D eigenvalue weighted by Crippen LogP contribution is -2.29. The van der Waals surface area contributed by atoms with Gasteiger partial charge in [-0.15, -0.1) is 0 Å². The first kappa shape index (κ1) is 11.5. The Morgan fingerprint density at radius 1 is 1.50 bits per heavy atom. The van der Waals surface area contributed by atoms with Crippen LogP contribution in [-0.4, -0.2) is 18.2 Å². The van der Waals surface area contributed by atoms with Crippen LogP contribution in [0.1, 0.15) is 23.6 Å². The van der Waals surface area contributed by atoms with Crippen molar-refractivity contribution in [2.45, 2.75) is 18.2 Å². The van der Waals surface area contributed by atoms with Crippen molar-refractivity contribution in [3.8, 4) is 0 Å². The monoisotopic (exact) mass is 236 g/mol. The molecule has 0 spiro atoms. The maximum absolute atomic E-state index is 10.7. The smallest absolute Gasteiger partial charge is 0.218 e. The van der Waals surface area contributed by atoms with E-state index in [4.69, 9.17) is 5.73 Å². The number of carbonyl (C=O) groups is 1. The van der Waals surface area contributed by atoms with Gasteiger partial charge in [0, 0.05) is 30.5 Å². The van der Waals surface area contributed by atoms with Crippen LogP contribution in [0.5, 0.6) is 0 Å². The number of rotatable bonds is 4. The lowest BCUT2D eigenvalue weighted by Gasteiger charge is -2.25. The fraction of sp³-hybridized carbons (Fsp3) is 0.417. The summed E-state index contributed by atoms with van der Waals surface area (Å²) in [5, 5.41) is 3.39. The van der Waals surface area contributed by atoms with Gasteiger partial charge in [-0.2, -0.15) is 11.8 Å². The van der Waals surface area contributed by atoms with E-state index >= 15 is 0 Å². The number of benzene rings is 1. The molecular formula is C12H16N2OS. The van der Waals surface area contributed by atoms with Gasteiger partial charge in [-0.1, -0.05) is 24.3 Å². The Balaban J connectivity index is 1.99.